The number of nitrogens with zero attached hydrogens (tertiary/aromatic N) is 2. The molecule has 0 saturated heterocycles. The van der Waals surface area contributed by atoms with Gasteiger partial charge in [-0.3, -0.25) is 0 Å². The van der Waals surface area contributed by atoms with E-state index in [9.17, 15) is 0 Å². The number of hydrogen-bond acceptors (Lipinski definition) is 1. The summed E-state index contributed by atoms with van der Waals surface area (Å²) < 4.78 is 0. The average molecular weight is 273 g/mol. The van der Waals surface area contributed by atoms with Gasteiger partial charge in [0.1, 0.15) is 5.84 Å². The van der Waals surface area contributed by atoms with Crippen LogP contribution in [0, 0.1) is 6.92 Å². The maximum absolute atomic E-state index is 5.89. The van der Waals surface area contributed by atoms with E-state index in [-0.39, 0.29) is 0 Å². The molecule has 0 atom stereocenters. The Hall–Kier alpha value is -1.80. The molecule has 2 nitrogen and oxygen atoms in total. The molecule has 0 saturated carbocycles. The van der Waals surface area contributed by atoms with Crippen molar-refractivity contribution in [2.75, 3.05) is 14.1 Å². The minimum absolute atomic E-state index is 0.723. The molecular weight excluding hydrogens is 256 g/mol. The smallest absolute Gasteiger partial charge is 0.136 e. The van der Waals surface area contributed by atoms with Crippen LogP contribution in [0.1, 0.15) is 11.1 Å². The van der Waals surface area contributed by atoms with Gasteiger partial charge in [0, 0.05) is 24.7 Å². The van der Waals surface area contributed by atoms with E-state index in [2.05, 4.69) is 36.2 Å². The summed E-state index contributed by atoms with van der Waals surface area (Å²) in [6, 6.07) is 15.9. The van der Waals surface area contributed by atoms with Gasteiger partial charge in [0.2, 0.25) is 0 Å². The molecule has 0 aliphatic heterocycles. The van der Waals surface area contributed by atoms with E-state index >= 15 is 0 Å². The van der Waals surface area contributed by atoms with Gasteiger partial charge in [-0.1, -0.05) is 41.4 Å². The summed E-state index contributed by atoms with van der Waals surface area (Å²) in [5.41, 5.74) is 3.24. The highest BCUT2D eigenvalue weighted by Gasteiger charge is 2.06. The van der Waals surface area contributed by atoms with Crippen molar-refractivity contribution >= 4 is 23.1 Å². The van der Waals surface area contributed by atoms with Crippen molar-refractivity contribution in [3.8, 4) is 0 Å². The summed E-state index contributed by atoms with van der Waals surface area (Å²) in [5.74, 6) is 0.933. The topological polar surface area (TPSA) is 15.6 Å². The SMILES string of the molecule is Cc1ccc(C(=Nc2ccc(Cl)cc2)N(C)C)cc1. The Balaban J connectivity index is 2.40. The third kappa shape index (κ3) is 3.58. The van der Waals surface area contributed by atoms with Crippen LogP contribution in [0.5, 0.6) is 0 Å². The Bertz CT molecular complexity index is 569. The van der Waals surface area contributed by atoms with Gasteiger partial charge in [0.25, 0.3) is 0 Å². The molecule has 2 rings (SSSR count). The highest BCUT2D eigenvalue weighted by atomic mass is 35.5. The van der Waals surface area contributed by atoms with Crippen LogP contribution in [0.25, 0.3) is 0 Å². The van der Waals surface area contributed by atoms with Crippen LogP contribution < -0.4 is 0 Å². The fourth-order valence-electron chi connectivity index (χ4n) is 1.76. The third-order valence-corrected chi connectivity index (χ3v) is 3.05. The number of aryl methyl sites for hydroxylation is 1. The van der Waals surface area contributed by atoms with Gasteiger partial charge in [-0.2, -0.15) is 0 Å². The first kappa shape index (κ1) is 13.6. The molecule has 0 radical (unpaired) electrons. The second kappa shape index (κ2) is 5.89. The molecule has 0 fully saturated rings. The van der Waals surface area contributed by atoms with Crippen LogP contribution in [0.2, 0.25) is 5.02 Å². The summed E-state index contributed by atoms with van der Waals surface area (Å²) in [6.45, 7) is 2.08. The molecule has 98 valence electrons. The molecule has 0 bridgehead atoms. The third-order valence-electron chi connectivity index (χ3n) is 2.79. The van der Waals surface area contributed by atoms with Crippen molar-refractivity contribution < 1.29 is 0 Å². The molecule has 3 heteroatoms. The normalized spacial score (nSPS) is 11.5. The molecule has 0 aliphatic carbocycles. The predicted octanol–water partition coefficient (Wildman–Crippen LogP) is 4.29. The Labute approximate surface area is 119 Å². The minimum Gasteiger partial charge on any atom is -0.362 e. The van der Waals surface area contributed by atoms with Crippen molar-refractivity contribution in [1.82, 2.24) is 4.90 Å². The van der Waals surface area contributed by atoms with E-state index in [0.717, 1.165) is 22.1 Å². The second-order valence-corrected chi connectivity index (χ2v) is 5.11. The first-order chi connectivity index (χ1) is 9.06. The van der Waals surface area contributed by atoms with E-state index in [1.807, 2.05) is 43.3 Å². The zero-order chi connectivity index (χ0) is 13.8. The molecule has 19 heavy (non-hydrogen) atoms. The Morgan fingerprint density at radius 1 is 0.947 bits per heavy atom. The number of amidine groups is 1. The summed E-state index contributed by atoms with van der Waals surface area (Å²) in [5, 5.41) is 0.723. The van der Waals surface area contributed by atoms with Crippen molar-refractivity contribution in [3.63, 3.8) is 0 Å². The summed E-state index contributed by atoms with van der Waals surface area (Å²) >= 11 is 5.89. The lowest BCUT2D eigenvalue weighted by Gasteiger charge is -2.16. The Kier molecular flexibility index (Phi) is 4.23. The molecule has 0 spiro atoms. The number of rotatable bonds is 2. The standard InChI is InChI=1S/C16H17ClN2/c1-12-4-6-13(7-5-12)16(19(2)3)18-15-10-8-14(17)9-11-15/h4-11H,1-3H3. The molecule has 2 aromatic rings. The summed E-state index contributed by atoms with van der Waals surface area (Å²) in [4.78, 5) is 6.70. The van der Waals surface area contributed by atoms with Crippen molar-refractivity contribution in [1.29, 1.82) is 0 Å². The first-order valence-corrected chi connectivity index (χ1v) is 6.52. The van der Waals surface area contributed by atoms with Crippen LogP contribution in [0.15, 0.2) is 53.5 Å². The van der Waals surface area contributed by atoms with Gasteiger partial charge in [-0.15, -0.1) is 0 Å². The number of halogens is 1. The Morgan fingerprint density at radius 3 is 2.05 bits per heavy atom. The van der Waals surface area contributed by atoms with Crippen LogP contribution in [-0.4, -0.2) is 24.8 Å². The highest BCUT2D eigenvalue weighted by Crippen LogP contribution is 2.18. The second-order valence-electron chi connectivity index (χ2n) is 4.67. The maximum atomic E-state index is 5.89. The van der Waals surface area contributed by atoms with Crippen LogP contribution >= 0.6 is 11.6 Å². The van der Waals surface area contributed by atoms with Crippen molar-refractivity contribution in [2.45, 2.75) is 6.92 Å². The van der Waals surface area contributed by atoms with E-state index in [1.54, 1.807) is 0 Å². The van der Waals surface area contributed by atoms with Crippen LogP contribution in [0.3, 0.4) is 0 Å². The van der Waals surface area contributed by atoms with Crippen molar-refractivity contribution in [3.05, 3.63) is 64.7 Å². The lowest BCUT2D eigenvalue weighted by Crippen LogP contribution is -2.22. The fraction of sp³-hybridized carbons (Fsp3) is 0.188. The highest BCUT2D eigenvalue weighted by molar-refractivity contribution is 6.30. The van der Waals surface area contributed by atoms with Crippen LogP contribution in [-0.2, 0) is 0 Å². The quantitative estimate of drug-likeness (QED) is 0.588. The van der Waals surface area contributed by atoms with Gasteiger partial charge in [0.15, 0.2) is 0 Å². The number of hydrogen-bond donors (Lipinski definition) is 0. The zero-order valence-electron chi connectivity index (χ0n) is 11.4. The number of benzene rings is 2. The monoisotopic (exact) mass is 272 g/mol. The number of aliphatic imine (C=N–C) groups is 1. The van der Waals surface area contributed by atoms with Gasteiger partial charge in [-0.25, -0.2) is 4.99 Å². The molecule has 0 aromatic heterocycles. The van der Waals surface area contributed by atoms with E-state index in [1.165, 1.54) is 5.56 Å². The molecule has 0 amide bonds. The molecule has 2 aromatic carbocycles. The predicted molar refractivity (Wildman–Crippen MR) is 82.5 cm³/mol. The first-order valence-electron chi connectivity index (χ1n) is 6.15. The lowest BCUT2D eigenvalue weighted by molar-refractivity contribution is 0.624. The summed E-state index contributed by atoms with van der Waals surface area (Å²) in [6.07, 6.45) is 0. The molecule has 0 N–H and O–H groups in total. The fourth-order valence-corrected chi connectivity index (χ4v) is 1.89. The molecule has 0 heterocycles. The molecular formula is C16H17ClN2. The molecule has 0 aliphatic rings. The van der Waals surface area contributed by atoms with E-state index in [0.29, 0.717) is 0 Å². The van der Waals surface area contributed by atoms with Crippen molar-refractivity contribution in [2.24, 2.45) is 4.99 Å². The van der Waals surface area contributed by atoms with Crippen LogP contribution in [0.4, 0.5) is 5.69 Å². The summed E-state index contributed by atoms with van der Waals surface area (Å²) in [7, 11) is 3.99. The van der Waals surface area contributed by atoms with Gasteiger partial charge in [0.05, 0.1) is 5.69 Å². The van der Waals surface area contributed by atoms with Gasteiger partial charge >= 0.3 is 0 Å². The molecule has 0 unspecified atom stereocenters. The Morgan fingerprint density at radius 2 is 1.53 bits per heavy atom. The van der Waals surface area contributed by atoms with E-state index < -0.39 is 0 Å². The van der Waals surface area contributed by atoms with Gasteiger partial charge in [-0.05, 0) is 31.2 Å². The zero-order valence-corrected chi connectivity index (χ0v) is 12.1. The minimum atomic E-state index is 0.723. The van der Waals surface area contributed by atoms with E-state index in [4.69, 9.17) is 11.6 Å². The largest absolute Gasteiger partial charge is 0.362 e. The average Bonchev–Trinajstić information content (AvgIpc) is 2.39. The van der Waals surface area contributed by atoms with Gasteiger partial charge < -0.3 is 4.90 Å². The maximum Gasteiger partial charge on any atom is 0.136 e. The lowest BCUT2D eigenvalue weighted by atomic mass is 10.1.